The summed E-state index contributed by atoms with van der Waals surface area (Å²) in [6.07, 6.45) is 3.11. The fourth-order valence-electron chi connectivity index (χ4n) is 3.45. The summed E-state index contributed by atoms with van der Waals surface area (Å²) in [4.78, 5) is 2.17. The Kier molecular flexibility index (Phi) is 4.71. The molecular formula is C17H27NO2. The second kappa shape index (κ2) is 6.15. The lowest BCUT2D eigenvalue weighted by Gasteiger charge is -2.44. The Labute approximate surface area is 122 Å². The average Bonchev–Trinajstić information content (AvgIpc) is 2.42. The predicted octanol–water partition coefficient (Wildman–Crippen LogP) is 2.88. The zero-order valence-electron chi connectivity index (χ0n) is 13.1. The van der Waals surface area contributed by atoms with Gasteiger partial charge in [0, 0.05) is 12.5 Å². The Hall–Kier alpha value is -1.06. The molecule has 1 saturated carbocycles. The summed E-state index contributed by atoms with van der Waals surface area (Å²) < 4.78 is 5.31. The van der Waals surface area contributed by atoms with Crippen molar-refractivity contribution in [3.8, 4) is 5.75 Å². The molecule has 20 heavy (non-hydrogen) atoms. The second-order valence-corrected chi connectivity index (χ2v) is 6.50. The van der Waals surface area contributed by atoms with Crippen molar-refractivity contribution in [3.05, 3.63) is 29.8 Å². The summed E-state index contributed by atoms with van der Waals surface area (Å²) >= 11 is 0. The molecule has 3 atom stereocenters. The molecule has 1 aromatic carbocycles. The van der Waals surface area contributed by atoms with Crippen molar-refractivity contribution in [2.75, 3.05) is 27.7 Å². The van der Waals surface area contributed by atoms with Crippen LogP contribution in [0.1, 0.15) is 31.7 Å². The lowest BCUT2D eigenvalue weighted by Crippen LogP contribution is -2.45. The van der Waals surface area contributed by atoms with Crippen molar-refractivity contribution in [1.82, 2.24) is 4.90 Å². The molecule has 1 aromatic rings. The normalized spacial score (nSPS) is 30.5. The molecule has 3 nitrogen and oxygen atoms in total. The SMILES string of the molecule is COc1cccc([C@@]2(O)C[C@@H](C)CC[C@@H]2CN(C)C)c1. The molecule has 0 saturated heterocycles. The van der Waals surface area contributed by atoms with Gasteiger partial charge in [0.25, 0.3) is 0 Å². The summed E-state index contributed by atoms with van der Waals surface area (Å²) in [6, 6.07) is 7.92. The fraction of sp³-hybridized carbons (Fsp3) is 0.647. The topological polar surface area (TPSA) is 32.7 Å². The summed E-state index contributed by atoms with van der Waals surface area (Å²) in [5.41, 5.74) is 0.256. The van der Waals surface area contributed by atoms with E-state index in [1.165, 1.54) is 6.42 Å². The van der Waals surface area contributed by atoms with Crippen LogP contribution in [0.25, 0.3) is 0 Å². The van der Waals surface area contributed by atoms with Gasteiger partial charge in [-0.05, 0) is 50.6 Å². The number of hydrogen-bond acceptors (Lipinski definition) is 3. The van der Waals surface area contributed by atoms with Crippen molar-refractivity contribution >= 4 is 0 Å². The second-order valence-electron chi connectivity index (χ2n) is 6.50. The highest BCUT2D eigenvalue weighted by atomic mass is 16.5. The maximum absolute atomic E-state index is 11.4. The molecule has 0 bridgehead atoms. The van der Waals surface area contributed by atoms with Crippen LogP contribution in [-0.4, -0.2) is 37.8 Å². The molecule has 0 aromatic heterocycles. The first kappa shape index (κ1) is 15.3. The van der Waals surface area contributed by atoms with Gasteiger partial charge in [0.1, 0.15) is 5.75 Å². The van der Waals surface area contributed by atoms with Crippen LogP contribution in [-0.2, 0) is 5.60 Å². The molecule has 112 valence electrons. The van der Waals surface area contributed by atoms with Crippen molar-refractivity contribution in [2.45, 2.75) is 31.8 Å². The van der Waals surface area contributed by atoms with Crippen molar-refractivity contribution in [1.29, 1.82) is 0 Å². The van der Waals surface area contributed by atoms with Crippen LogP contribution in [0, 0.1) is 11.8 Å². The van der Waals surface area contributed by atoms with Crippen LogP contribution in [0.3, 0.4) is 0 Å². The highest BCUT2D eigenvalue weighted by Crippen LogP contribution is 2.44. The van der Waals surface area contributed by atoms with E-state index in [1.807, 2.05) is 24.3 Å². The Bertz CT molecular complexity index is 446. The number of rotatable bonds is 4. The van der Waals surface area contributed by atoms with Gasteiger partial charge in [-0.3, -0.25) is 0 Å². The zero-order chi connectivity index (χ0) is 14.8. The molecule has 0 spiro atoms. The Morgan fingerprint density at radius 1 is 1.35 bits per heavy atom. The van der Waals surface area contributed by atoms with Gasteiger partial charge in [-0.1, -0.05) is 25.5 Å². The van der Waals surface area contributed by atoms with E-state index in [1.54, 1.807) is 7.11 Å². The molecule has 0 aliphatic heterocycles. The van der Waals surface area contributed by atoms with Crippen LogP contribution in [0.2, 0.25) is 0 Å². The molecular weight excluding hydrogens is 250 g/mol. The molecule has 0 unspecified atom stereocenters. The molecule has 1 fully saturated rings. The van der Waals surface area contributed by atoms with E-state index in [0.717, 1.165) is 30.7 Å². The number of benzene rings is 1. The Morgan fingerprint density at radius 2 is 2.10 bits per heavy atom. The van der Waals surface area contributed by atoms with E-state index < -0.39 is 5.60 Å². The standard InChI is InChI=1S/C17H27NO2/c1-13-8-9-15(12-18(2)3)17(19,11-13)14-6-5-7-16(10-14)20-4/h5-7,10,13,15,19H,8-9,11-12H2,1-4H3/t13-,15+,17-/m0/s1. The number of nitrogens with zero attached hydrogens (tertiary/aromatic N) is 1. The minimum atomic E-state index is -0.740. The molecule has 0 radical (unpaired) electrons. The smallest absolute Gasteiger partial charge is 0.119 e. The minimum Gasteiger partial charge on any atom is -0.497 e. The van der Waals surface area contributed by atoms with Crippen molar-refractivity contribution < 1.29 is 9.84 Å². The first-order valence-corrected chi connectivity index (χ1v) is 7.47. The Morgan fingerprint density at radius 3 is 2.75 bits per heavy atom. The molecule has 0 heterocycles. The van der Waals surface area contributed by atoms with E-state index in [4.69, 9.17) is 4.74 Å². The number of hydrogen-bond donors (Lipinski definition) is 1. The number of ether oxygens (including phenoxy) is 1. The van der Waals surface area contributed by atoms with E-state index in [0.29, 0.717) is 5.92 Å². The zero-order valence-corrected chi connectivity index (χ0v) is 13.1. The maximum atomic E-state index is 11.4. The number of aliphatic hydroxyl groups is 1. The summed E-state index contributed by atoms with van der Waals surface area (Å²) in [7, 11) is 5.82. The lowest BCUT2D eigenvalue weighted by atomic mass is 9.68. The fourth-order valence-corrected chi connectivity index (χ4v) is 3.45. The van der Waals surface area contributed by atoms with Crippen LogP contribution >= 0.6 is 0 Å². The number of methoxy groups -OCH3 is 1. The molecule has 0 amide bonds. The highest BCUT2D eigenvalue weighted by Gasteiger charge is 2.42. The molecule has 1 aliphatic rings. The molecule has 2 rings (SSSR count). The quantitative estimate of drug-likeness (QED) is 0.918. The lowest BCUT2D eigenvalue weighted by molar-refractivity contribution is -0.0766. The summed E-state index contributed by atoms with van der Waals surface area (Å²) in [5.74, 6) is 1.66. The van der Waals surface area contributed by atoms with Crippen LogP contribution in [0.4, 0.5) is 0 Å². The average molecular weight is 277 g/mol. The van der Waals surface area contributed by atoms with Crippen LogP contribution < -0.4 is 4.74 Å². The summed E-state index contributed by atoms with van der Waals surface area (Å²) in [5, 5.41) is 11.4. The van der Waals surface area contributed by atoms with Crippen molar-refractivity contribution in [2.24, 2.45) is 11.8 Å². The predicted molar refractivity (Wildman–Crippen MR) is 81.9 cm³/mol. The largest absolute Gasteiger partial charge is 0.497 e. The van der Waals surface area contributed by atoms with Crippen LogP contribution in [0.15, 0.2) is 24.3 Å². The molecule has 1 aliphatic carbocycles. The van der Waals surface area contributed by atoms with Gasteiger partial charge < -0.3 is 14.7 Å². The third-order valence-corrected chi connectivity index (χ3v) is 4.50. The van der Waals surface area contributed by atoms with E-state index in [-0.39, 0.29) is 5.92 Å². The van der Waals surface area contributed by atoms with E-state index >= 15 is 0 Å². The Balaban J connectivity index is 2.34. The van der Waals surface area contributed by atoms with Crippen molar-refractivity contribution in [3.63, 3.8) is 0 Å². The first-order chi connectivity index (χ1) is 9.45. The van der Waals surface area contributed by atoms with Gasteiger partial charge >= 0.3 is 0 Å². The van der Waals surface area contributed by atoms with Gasteiger partial charge in [-0.25, -0.2) is 0 Å². The van der Waals surface area contributed by atoms with E-state index in [2.05, 4.69) is 25.9 Å². The minimum absolute atomic E-state index is 0.279. The summed E-state index contributed by atoms with van der Waals surface area (Å²) in [6.45, 7) is 3.15. The van der Waals surface area contributed by atoms with Gasteiger partial charge in [-0.15, -0.1) is 0 Å². The monoisotopic (exact) mass is 277 g/mol. The highest BCUT2D eigenvalue weighted by molar-refractivity contribution is 5.33. The van der Waals surface area contributed by atoms with Gasteiger partial charge in [-0.2, -0.15) is 0 Å². The van der Waals surface area contributed by atoms with E-state index in [9.17, 15) is 5.11 Å². The van der Waals surface area contributed by atoms with Crippen LogP contribution in [0.5, 0.6) is 5.75 Å². The van der Waals surface area contributed by atoms with Gasteiger partial charge in [0.15, 0.2) is 0 Å². The van der Waals surface area contributed by atoms with Gasteiger partial charge in [0.05, 0.1) is 12.7 Å². The maximum Gasteiger partial charge on any atom is 0.119 e. The molecule has 1 N–H and O–H groups in total. The third-order valence-electron chi connectivity index (χ3n) is 4.50. The van der Waals surface area contributed by atoms with Gasteiger partial charge in [0.2, 0.25) is 0 Å². The molecule has 3 heteroatoms. The first-order valence-electron chi connectivity index (χ1n) is 7.47. The third kappa shape index (κ3) is 3.15.